The topological polar surface area (TPSA) is 129 Å². The van der Waals surface area contributed by atoms with E-state index >= 15 is 0 Å². The quantitative estimate of drug-likeness (QED) is 0.686. The number of amides is 1. The fourth-order valence-electron chi connectivity index (χ4n) is 1.96. The number of ether oxygens (including phenoxy) is 1. The van der Waals surface area contributed by atoms with Gasteiger partial charge in [0.2, 0.25) is 15.9 Å². The number of thiazole rings is 1. The molecule has 1 N–H and O–H groups in total. The van der Waals surface area contributed by atoms with Gasteiger partial charge >= 0.3 is 5.97 Å². The third-order valence-corrected chi connectivity index (χ3v) is 5.87. The van der Waals surface area contributed by atoms with Crippen molar-refractivity contribution in [2.75, 3.05) is 25.5 Å². The zero-order valence-electron chi connectivity index (χ0n) is 14.5. The lowest BCUT2D eigenvalue weighted by Gasteiger charge is -2.16. The van der Waals surface area contributed by atoms with E-state index in [1.807, 2.05) is 6.07 Å². The highest BCUT2D eigenvalue weighted by atomic mass is 32.2. The van der Waals surface area contributed by atoms with E-state index in [0.717, 1.165) is 15.6 Å². The van der Waals surface area contributed by atoms with Gasteiger partial charge in [0.15, 0.2) is 10.8 Å². The predicted octanol–water partition coefficient (Wildman–Crippen LogP) is 1.45. The maximum atomic E-state index is 12.5. The van der Waals surface area contributed by atoms with Crippen LogP contribution < -0.4 is 5.32 Å². The molecule has 0 atom stereocenters. The molecule has 142 valence electrons. The van der Waals surface area contributed by atoms with E-state index in [9.17, 15) is 18.0 Å². The van der Waals surface area contributed by atoms with Crippen molar-refractivity contribution in [3.63, 3.8) is 0 Å². The van der Waals surface area contributed by atoms with Crippen LogP contribution in [0.2, 0.25) is 0 Å². The Bertz CT molecular complexity index is 977. The van der Waals surface area contributed by atoms with Gasteiger partial charge in [0.05, 0.1) is 29.7 Å². The molecule has 27 heavy (non-hydrogen) atoms. The monoisotopic (exact) mass is 408 g/mol. The normalized spacial score (nSPS) is 11.0. The predicted molar refractivity (Wildman–Crippen MR) is 97.7 cm³/mol. The summed E-state index contributed by atoms with van der Waals surface area (Å²) in [5, 5.41) is 12.8. The van der Waals surface area contributed by atoms with Crippen LogP contribution in [0.3, 0.4) is 0 Å². The zero-order valence-corrected chi connectivity index (χ0v) is 16.1. The largest absolute Gasteiger partial charge is 0.461 e. The summed E-state index contributed by atoms with van der Waals surface area (Å²) in [5.41, 5.74) is 0.395. The number of rotatable bonds is 7. The number of likely N-dealkylation sites (N-methyl/N-ethyl adjacent to an activating group) is 1. The molecule has 1 aromatic heterocycles. The van der Waals surface area contributed by atoms with Crippen molar-refractivity contribution in [2.45, 2.75) is 11.8 Å². The van der Waals surface area contributed by atoms with Gasteiger partial charge in [0.1, 0.15) is 0 Å². The number of benzene rings is 1. The molecule has 1 aromatic carbocycles. The summed E-state index contributed by atoms with van der Waals surface area (Å²) >= 11 is 1.02. The SMILES string of the molecule is CCOC(=O)c1csc(NC(=O)CN(C)S(=O)(=O)c2ccc(C#N)cc2)n1. The molecule has 0 radical (unpaired) electrons. The lowest BCUT2D eigenvalue weighted by atomic mass is 10.2. The van der Waals surface area contributed by atoms with Crippen LogP contribution in [0, 0.1) is 11.3 Å². The number of hydrogen-bond donors (Lipinski definition) is 1. The lowest BCUT2D eigenvalue weighted by molar-refractivity contribution is -0.116. The van der Waals surface area contributed by atoms with Crippen LogP contribution in [-0.2, 0) is 19.6 Å². The molecule has 0 saturated carbocycles. The summed E-state index contributed by atoms with van der Waals surface area (Å²) in [7, 11) is -2.63. The second-order valence-corrected chi connectivity index (χ2v) is 8.11. The molecule has 0 fully saturated rings. The van der Waals surface area contributed by atoms with Gasteiger partial charge in [-0.05, 0) is 31.2 Å². The highest BCUT2D eigenvalue weighted by Crippen LogP contribution is 2.18. The molecule has 0 aliphatic heterocycles. The van der Waals surface area contributed by atoms with Crippen LogP contribution in [0.15, 0.2) is 34.5 Å². The van der Waals surface area contributed by atoms with E-state index in [1.54, 1.807) is 6.92 Å². The Morgan fingerprint density at radius 1 is 1.33 bits per heavy atom. The van der Waals surface area contributed by atoms with Gasteiger partial charge in [-0.1, -0.05) is 0 Å². The van der Waals surface area contributed by atoms with E-state index < -0.39 is 28.4 Å². The summed E-state index contributed by atoms with van der Waals surface area (Å²) in [6.45, 7) is 1.42. The highest BCUT2D eigenvalue weighted by Gasteiger charge is 2.23. The Labute approximate surface area is 160 Å². The number of nitrogens with one attached hydrogen (secondary N) is 1. The van der Waals surface area contributed by atoms with Crippen LogP contribution in [0.25, 0.3) is 0 Å². The summed E-state index contributed by atoms with van der Waals surface area (Å²) in [5.74, 6) is -1.21. The Morgan fingerprint density at radius 3 is 2.59 bits per heavy atom. The van der Waals surface area contributed by atoms with Crippen LogP contribution in [-0.4, -0.2) is 49.8 Å². The van der Waals surface area contributed by atoms with Gasteiger partial charge < -0.3 is 10.1 Å². The second kappa shape index (κ2) is 8.72. The van der Waals surface area contributed by atoms with Crippen molar-refractivity contribution in [3.05, 3.63) is 40.9 Å². The van der Waals surface area contributed by atoms with Crippen LogP contribution in [0.5, 0.6) is 0 Å². The molecule has 0 unspecified atom stereocenters. The number of nitriles is 1. The highest BCUT2D eigenvalue weighted by molar-refractivity contribution is 7.89. The van der Waals surface area contributed by atoms with E-state index in [4.69, 9.17) is 10.00 Å². The average Bonchev–Trinajstić information content (AvgIpc) is 3.10. The molecule has 1 heterocycles. The number of sulfonamides is 1. The summed E-state index contributed by atoms with van der Waals surface area (Å²) in [6, 6.07) is 7.27. The van der Waals surface area contributed by atoms with Gasteiger partial charge in [0, 0.05) is 12.4 Å². The number of esters is 1. The number of aromatic nitrogens is 1. The number of carbonyl (C=O) groups is 2. The molecule has 0 spiro atoms. The fraction of sp³-hybridized carbons (Fsp3) is 0.250. The molecule has 1 amide bonds. The third-order valence-electron chi connectivity index (χ3n) is 3.29. The maximum absolute atomic E-state index is 12.5. The van der Waals surface area contributed by atoms with Crippen molar-refractivity contribution in [1.82, 2.24) is 9.29 Å². The molecule has 0 bridgehead atoms. The number of hydrogen-bond acceptors (Lipinski definition) is 8. The standard InChI is InChI=1S/C16H16N4O5S2/c1-3-25-15(22)13-10-26-16(18-13)19-14(21)9-20(2)27(23,24)12-6-4-11(8-17)5-7-12/h4-7,10H,3,9H2,1-2H3,(H,18,19,21). The van der Waals surface area contributed by atoms with Gasteiger partial charge in [0.25, 0.3) is 0 Å². The minimum absolute atomic E-state index is 0.0318. The Kier molecular flexibility index (Phi) is 6.62. The van der Waals surface area contributed by atoms with E-state index in [2.05, 4.69) is 10.3 Å². The summed E-state index contributed by atoms with van der Waals surface area (Å²) in [4.78, 5) is 27.6. The molecule has 0 aliphatic carbocycles. The van der Waals surface area contributed by atoms with E-state index in [-0.39, 0.29) is 22.3 Å². The van der Waals surface area contributed by atoms with Crippen LogP contribution in [0.4, 0.5) is 5.13 Å². The van der Waals surface area contributed by atoms with Crippen molar-refractivity contribution in [3.8, 4) is 6.07 Å². The van der Waals surface area contributed by atoms with E-state index in [0.29, 0.717) is 5.56 Å². The molecule has 2 rings (SSSR count). The van der Waals surface area contributed by atoms with Crippen LogP contribution >= 0.6 is 11.3 Å². The van der Waals surface area contributed by atoms with Crippen molar-refractivity contribution < 1.29 is 22.7 Å². The smallest absolute Gasteiger partial charge is 0.357 e. The number of carbonyl (C=O) groups excluding carboxylic acids is 2. The molecular formula is C16H16N4O5S2. The first-order valence-corrected chi connectivity index (χ1v) is 9.99. The molecular weight excluding hydrogens is 392 g/mol. The first-order chi connectivity index (χ1) is 12.8. The van der Waals surface area contributed by atoms with Gasteiger partial charge in [-0.2, -0.15) is 9.57 Å². The fourth-order valence-corrected chi connectivity index (χ4v) is 3.78. The Balaban J connectivity index is 2.02. The Hall–Kier alpha value is -2.81. The molecule has 0 saturated heterocycles. The van der Waals surface area contributed by atoms with Gasteiger partial charge in [-0.3, -0.25) is 4.79 Å². The number of anilines is 1. The molecule has 0 aliphatic rings. The first-order valence-electron chi connectivity index (χ1n) is 7.67. The second-order valence-electron chi connectivity index (χ2n) is 5.20. The van der Waals surface area contributed by atoms with Gasteiger partial charge in [-0.25, -0.2) is 18.2 Å². The van der Waals surface area contributed by atoms with Crippen molar-refractivity contribution in [1.29, 1.82) is 5.26 Å². The van der Waals surface area contributed by atoms with Crippen molar-refractivity contribution >= 4 is 38.4 Å². The van der Waals surface area contributed by atoms with Gasteiger partial charge in [-0.15, -0.1) is 11.3 Å². The third kappa shape index (κ3) is 5.10. The zero-order chi connectivity index (χ0) is 20.0. The molecule has 9 nitrogen and oxygen atoms in total. The molecule has 11 heteroatoms. The maximum Gasteiger partial charge on any atom is 0.357 e. The summed E-state index contributed by atoms with van der Waals surface area (Å²) in [6.07, 6.45) is 0. The minimum atomic E-state index is -3.89. The summed E-state index contributed by atoms with van der Waals surface area (Å²) < 4.78 is 30.6. The minimum Gasteiger partial charge on any atom is -0.461 e. The molecule has 2 aromatic rings. The van der Waals surface area contributed by atoms with E-state index in [1.165, 1.54) is 36.7 Å². The Morgan fingerprint density at radius 2 is 2.00 bits per heavy atom. The number of nitrogens with zero attached hydrogens (tertiary/aromatic N) is 3. The first kappa shape index (κ1) is 20.5. The average molecular weight is 408 g/mol. The van der Waals surface area contributed by atoms with Crippen molar-refractivity contribution in [2.24, 2.45) is 0 Å². The lowest BCUT2D eigenvalue weighted by Crippen LogP contribution is -2.35. The van der Waals surface area contributed by atoms with Crippen LogP contribution in [0.1, 0.15) is 23.0 Å².